The molecule has 0 heterocycles. The molecule has 0 radical (unpaired) electrons. The van der Waals surface area contributed by atoms with Crippen LogP contribution in [0.4, 0.5) is 11.4 Å². The summed E-state index contributed by atoms with van der Waals surface area (Å²) in [7, 11) is 0. The first-order chi connectivity index (χ1) is 7.43. The summed E-state index contributed by atoms with van der Waals surface area (Å²) in [6, 6.07) is 2.61. The fourth-order valence-corrected chi connectivity index (χ4v) is 0.772. The Kier molecular flexibility index (Phi) is 10.0. The molecule has 0 fully saturated rings. The van der Waals surface area contributed by atoms with Gasteiger partial charge in [-0.3, -0.25) is 20.2 Å². The fourth-order valence-electron chi connectivity index (χ4n) is 0.772. The molecule has 17 heavy (non-hydrogen) atoms. The number of nitro groups is 2. The molecule has 0 saturated heterocycles. The quantitative estimate of drug-likeness (QED) is 0.339. The number of nitrogens with zero attached hydrogens (tertiary/aromatic N) is 2. The molecular weight excluding hydrogens is 310 g/mol. The summed E-state index contributed by atoms with van der Waals surface area (Å²) in [5, 5.41) is 29.3. The van der Waals surface area contributed by atoms with Crippen molar-refractivity contribution in [1.29, 1.82) is 0 Å². The molecular formula is C6H4AsN2NaO7. The van der Waals surface area contributed by atoms with E-state index in [0.29, 0.717) is 6.07 Å². The Balaban J connectivity index is 0. The number of phenolic OH excluding ortho intramolecular Hbond substituents is 1. The van der Waals surface area contributed by atoms with Gasteiger partial charge in [-0.15, -0.1) is 0 Å². The molecule has 11 heteroatoms. The maximum atomic E-state index is 10.2. The molecule has 0 aliphatic rings. The van der Waals surface area contributed by atoms with Gasteiger partial charge in [0.05, 0.1) is 15.9 Å². The van der Waals surface area contributed by atoms with Crippen molar-refractivity contribution in [2.24, 2.45) is 0 Å². The molecule has 1 aromatic rings. The van der Waals surface area contributed by atoms with Gasteiger partial charge in [-0.1, -0.05) is 0 Å². The average Bonchev–Trinajstić information content (AvgIpc) is 2.18. The van der Waals surface area contributed by atoms with Crippen molar-refractivity contribution in [2.75, 3.05) is 0 Å². The van der Waals surface area contributed by atoms with E-state index in [1.165, 1.54) is 0 Å². The molecule has 0 atom stereocenters. The third kappa shape index (κ3) is 6.44. The summed E-state index contributed by atoms with van der Waals surface area (Å²) < 4.78 is 16.9. The Labute approximate surface area is 123 Å². The van der Waals surface area contributed by atoms with E-state index in [0.717, 1.165) is 12.1 Å². The van der Waals surface area contributed by atoms with Crippen molar-refractivity contribution in [1.82, 2.24) is 0 Å². The van der Waals surface area contributed by atoms with Gasteiger partial charge >= 0.3 is 59.1 Å². The molecule has 0 saturated carbocycles. The van der Waals surface area contributed by atoms with Crippen LogP contribution in [0.2, 0.25) is 0 Å². The van der Waals surface area contributed by atoms with E-state index in [9.17, 15) is 20.2 Å². The van der Waals surface area contributed by atoms with E-state index in [4.69, 9.17) is 12.9 Å². The van der Waals surface area contributed by atoms with Crippen LogP contribution in [0.25, 0.3) is 0 Å². The minimum atomic E-state index is -1.81. The molecule has 0 spiro atoms. The summed E-state index contributed by atoms with van der Waals surface area (Å²) >= 11 is -1.81. The van der Waals surface area contributed by atoms with Crippen LogP contribution in [0, 0.1) is 20.2 Å². The van der Waals surface area contributed by atoms with Gasteiger partial charge in [0.25, 0.3) is 5.69 Å². The Bertz CT molecular complexity index is 427. The molecule has 1 aromatic carbocycles. The molecule has 0 unspecified atom stereocenters. The maximum absolute atomic E-state index is 10.2. The van der Waals surface area contributed by atoms with Crippen molar-refractivity contribution in [2.45, 2.75) is 0 Å². The van der Waals surface area contributed by atoms with Gasteiger partial charge < -0.3 is 5.11 Å². The van der Waals surface area contributed by atoms with Crippen LogP contribution < -0.4 is 33.7 Å². The van der Waals surface area contributed by atoms with Gasteiger partial charge in [0.2, 0.25) is 0 Å². The molecule has 0 aromatic heterocycles. The maximum Gasteiger partial charge on any atom is 1.00 e. The van der Waals surface area contributed by atoms with Crippen LogP contribution in [0.5, 0.6) is 5.75 Å². The van der Waals surface area contributed by atoms with E-state index >= 15 is 0 Å². The molecule has 0 amide bonds. The Morgan fingerprint density at radius 2 is 1.65 bits per heavy atom. The van der Waals surface area contributed by atoms with E-state index in [-0.39, 0.29) is 29.6 Å². The molecule has 0 bridgehead atoms. The van der Waals surface area contributed by atoms with Crippen molar-refractivity contribution in [3.8, 4) is 5.75 Å². The van der Waals surface area contributed by atoms with E-state index in [2.05, 4.69) is 0 Å². The number of rotatable bonds is 2. The Morgan fingerprint density at radius 1 is 1.18 bits per heavy atom. The van der Waals surface area contributed by atoms with Crippen LogP contribution in [0.15, 0.2) is 18.2 Å². The summed E-state index contributed by atoms with van der Waals surface area (Å²) in [5.41, 5.74) is -1.10. The first-order valence-electron chi connectivity index (χ1n) is 3.50. The van der Waals surface area contributed by atoms with Crippen LogP contribution in [-0.4, -0.2) is 31.0 Å². The van der Waals surface area contributed by atoms with Crippen LogP contribution in [0.1, 0.15) is 0 Å². The molecule has 0 aliphatic heterocycles. The number of phenols is 1. The smallest absolute Gasteiger partial charge is 0.502 e. The Morgan fingerprint density at radius 3 is 2.00 bits per heavy atom. The second-order valence-corrected chi connectivity index (χ2v) is 2.57. The minimum Gasteiger partial charge on any atom is -0.502 e. The zero-order valence-electron chi connectivity index (χ0n) is 8.47. The number of benzene rings is 1. The predicted molar refractivity (Wildman–Crippen MR) is 47.9 cm³/mol. The van der Waals surface area contributed by atoms with Gasteiger partial charge in [0, 0.05) is 6.07 Å². The summed E-state index contributed by atoms with van der Waals surface area (Å²) in [6.07, 6.45) is 0. The monoisotopic (exact) mass is 314 g/mol. The summed E-state index contributed by atoms with van der Waals surface area (Å²) in [5.74, 6) is -0.587. The normalized spacial score (nSPS) is 8.53. The van der Waals surface area contributed by atoms with Crippen LogP contribution in [0.3, 0.4) is 0 Å². The molecule has 86 valence electrons. The molecule has 9 nitrogen and oxygen atoms in total. The van der Waals surface area contributed by atoms with Crippen molar-refractivity contribution < 1.29 is 52.3 Å². The molecule has 1 N–H and O–H groups in total. The van der Waals surface area contributed by atoms with Gasteiger partial charge in [-0.2, -0.15) is 0 Å². The van der Waals surface area contributed by atoms with Gasteiger partial charge in [-0.25, -0.2) is 0 Å². The number of nitro benzene ring substituents is 2. The summed E-state index contributed by atoms with van der Waals surface area (Å²) in [6.45, 7) is 0. The van der Waals surface area contributed by atoms with Crippen molar-refractivity contribution in [3.05, 3.63) is 38.4 Å². The van der Waals surface area contributed by atoms with E-state index in [1.54, 1.807) is 0 Å². The standard InChI is InChI=1S/C6H4N2O5.AsHO2.Na/c9-6-2-1-4(7(10)11)3-5(6)8(12)13;2-1-3;/h1-3,9H;(H,2,3);/q;;+1/p-1. The van der Waals surface area contributed by atoms with E-state index < -0.39 is 43.0 Å². The minimum absolute atomic E-state index is 0. The topological polar surface area (TPSA) is 147 Å². The SMILES string of the molecule is O=[As][O-].O=[N+]([O-])c1ccc(O)c([N+](=O)[O-])c1.[Na+]. The third-order valence-corrected chi connectivity index (χ3v) is 1.37. The zero-order chi connectivity index (χ0) is 12.7. The van der Waals surface area contributed by atoms with Crippen LogP contribution in [-0.2, 0) is 3.74 Å². The van der Waals surface area contributed by atoms with Gasteiger partial charge in [0.1, 0.15) is 0 Å². The molecule has 0 aliphatic carbocycles. The van der Waals surface area contributed by atoms with Crippen LogP contribution >= 0.6 is 0 Å². The number of aromatic hydroxyl groups is 1. The van der Waals surface area contributed by atoms with Crippen molar-refractivity contribution >= 4 is 27.4 Å². The molecule has 1 rings (SSSR count). The van der Waals surface area contributed by atoms with Gasteiger partial charge in [0.15, 0.2) is 5.75 Å². The zero-order valence-corrected chi connectivity index (χ0v) is 12.3. The van der Waals surface area contributed by atoms with E-state index in [1.807, 2.05) is 0 Å². The first-order valence-corrected chi connectivity index (χ1v) is 5.04. The predicted octanol–water partition coefficient (Wildman–Crippen LogP) is -3.48. The number of hydrogen-bond donors (Lipinski definition) is 1. The first kappa shape index (κ1) is 18.5. The Hall–Kier alpha value is -0.862. The van der Waals surface area contributed by atoms with Crippen molar-refractivity contribution in [3.63, 3.8) is 0 Å². The second kappa shape index (κ2) is 9.20. The van der Waals surface area contributed by atoms with Gasteiger partial charge in [-0.05, 0) is 6.07 Å². The fraction of sp³-hybridized carbons (Fsp3) is 0. The summed E-state index contributed by atoms with van der Waals surface area (Å²) in [4.78, 5) is 18.7. The third-order valence-electron chi connectivity index (χ3n) is 1.37. The number of hydrogen-bond acceptors (Lipinski definition) is 7. The number of non-ortho nitro benzene ring substituents is 1. The largest absolute Gasteiger partial charge is 1.00 e. The average molecular weight is 314 g/mol. The second-order valence-electron chi connectivity index (χ2n) is 2.26.